The van der Waals surface area contributed by atoms with E-state index in [-0.39, 0.29) is 37.2 Å². The lowest BCUT2D eigenvalue weighted by atomic mass is 10.1. The minimum atomic E-state index is -0.771. The van der Waals surface area contributed by atoms with Crippen LogP contribution in [0.1, 0.15) is 35.9 Å². The van der Waals surface area contributed by atoms with Gasteiger partial charge >= 0.3 is 5.97 Å². The molecule has 1 saturated heterocycles. The Bertz CT molecular complexity index is 975. The van der Waals surface area contributed by atoms with Gasteiger partial charge in [0.1, 0.15) is 11.8 Å². The maximum Gasteiger partial charge on any atom is 0.307 e. The predicted molar refractivity (Wildman–Crippen MR) is 119 cm³/mol. The van der Waals surface area contributed by atoms with E-state index in [9.17, 15) is 19.2 Å². The molecule has 2 heterocycles. The molecule has 0 saturated carbocycles. The van der Waals surface area contributed by atoms with Crippen LogP contribution in [0.4, 0.5) is 5.69 Å². The van der Waals surface area contributed by atoms with Crippen LogP contribution in [0, 0.1) is 0 Å². The average molecular weight is 456 g/mol. The standard InChI is InChI=1S/C23H28N4O6/c1-2-10-33-21(29)13-19-23(31)24-8-9-27(19)15-20(28)26-17-6-3-5-16(12-17)22(30)25-14-18-7-4-11-32-18/h3-7,11-12,19H,2,8-10,13-15H2,1H3,(H,24,31)(H,25,30)(H,26,28). The van der Waals surface area contributed by atoms with Crippen LogP contribution < -0.4 is 16.0 Å². The number of nitrogens with one attached hydrogen (secondary N) is 3. The molecule has 0 spiro atoms. The van der Waals surface area contributed by atoms with Crippen molar-refractivity contribution in [2.75, 3.05) is 31.6 Å². The number of nitrogens with zero attached hydrogens (tertiary/aromatic N) is 1. The first-order chi connectivity index (χ1) is 16.0. The lowest BCUT2D eigenvalue weighted by molar-refractivity contribution is -0.148. The fourth-order valence-electron chi connectivity index (χ4n) is 3.41. The number of hydrogen-bond donors (Lipinski definition) is 3. The van der Waals surface area contributed by atoms with Crippen molar-refractivity contribution in [2.24, 2.45) is 0 Å². The Kier molecular flexibility index (Phi) is 8.59. The maximum absolute atomic E-state index is 12.6. The molecule has 176 valence electrons. The number of ether oxygens (including phenoxy) is 1. The van der Waals surface area contributed by atoms with Crippen LogP contribution in [0.25, 0.3) is 0 Å². The fraction of sp³-hybridized carbons (Fsp3) is 0.391. The van der Waals surface area contributed by atoms with Gasteiger partial charge < -0.3 is 25.1 Å². The van der Waals surface area contributed by atoms with Crippen molar-refractivity contribution in [3.8, 4) is 0 Å². The molecule has 0 aliphatic carbocycles. The maximum atomic E-state index is 12.6. The van der Waals surface area contributed by atoms with Crippen LogP contribution >= 0.6 is 0 Å². The third kappa shape index (κ3) is 7.18. The summed E-state index contributed by atoms with van der Waals surface area (Å²) >= 11 is 0. The number of esters is 1. The van der Waals surface area contributed by atoms with Crippen LogP contribution in [-0.4, -0.2) is 60.9 Å². The molecule has 3 rings (SSSR count). The van der Waals surface area contributed by atoms with E-state index in [1.807, 2.05) is 6.92 Å². The number of benzene rings is 1. The minimum Gasteiger partial charge on any atom is -0.467 e. The molecule has 0 radical (unpaired) electrons. The number of hydrogen-bond acceptors (Lipinski definition) is 7. The van der Waals surface area contributed by atoms with E-state index in [0.29, 0.717) is 43.1 Å². The van der Waals surface area contributed by atoms with E-state index in [4.69, 9.17) is 9.15 Å². The molecule has 1 aliphatic rings. The molecule has 2 aromatic rings. The molecular formula is C23H28N4O6. The van der Waals surface area contributed by atoms with E-state index >= 15 is 0 Å². The first-order valence-corrected chi connectivity index (χ1v) is 10.8. The Labute approximate surface area is 191 Å². The molecule has 1 aliphatic heterocycles. The van der Waals surface area contributed by atoms with Gasteiger partial charge in [-0.3, -0.25) is 24.1 Å². The van der Waals surface area contributed by atoms with E-state index in [2.05, 4.69) is 16.0 Å². The number of furan rings is 1. The summed E-state index contributed by atoms with van der Waals surface area (Å²) in [6, 6.07) is 9.27. The summed E-state index contributed by atoms with van der Waals surface area (Å²) in [4.78, 5) is 51.0. The topological polar surface area (TPSA) is 130 Å². The van der Waals surface area contributed by atoms with Gasteiger partial charge in [-0.1, -0.05) is 13.0 Å². The predicted octanol–water partition coefficient (Wildman–Crippen LogP) is 1.29. The number of carbonyl (C=O) groups is 4. The summed E-state index contributed by atoms with van der Waals surface area (Å²) in [5.41, 5.74) is 0.833. The second-order valence-electron chi connectivity index (χ2n) is 7.59. The van der Waals surface area contributed by atoms with Gasteiger partial charge in [0.25, 0.3) is 5.91 Å². The Hall–Kier alpha value is -3.66. The van der Waals surface area contributed by atoms with Gasteiger partial charge in [-0.25, -0.2) is 0 Å². The monoisotopic (exact) mass is 456 g/mol. The highest BCUT2D eigenvalue weighted by Crippen LogP contribution is 2.14. The first kappa shape index (κ1) is 24.0. The summed E-state index contributed by atoms with van der Waals surface area (Å²) in [5, 5.41) is 8.22. The highest BCUT2D eigenvalue weighted by Gasteiger charge is 2.33. The molecule has 1 aromatic carbocycles. The number of carbonyl (C=O) groups excluding carboxylic acids is 4. The van der Waals surface area contributed by atoms with Gasteiger partial charge in [-0.15, -0.1) is 0 Å². The van der Waals surface area contributed by atoms with Crippen LogP contribution in [0.5, 0.6) is 0 Å². The number of anilines is 1. The Morgan fingerprint density at radius 3 is 2.85 bits per heavy atom. The Balaban J connectivity index is 1.56. The number of amides is 3. The van der Waals surface area contributed by atoms with Crippen molar-refractivity contribution in [1.82, 2.24) is 15.5 Å². The zero-order valence-corrected chi connectivity index (χ0v) is 18.5. The van der Waals surface area contributed by atoms with Crippen molar-refractivity contribution >= 4 is 29.4 Å². The molecule has 33 heavy (non-hydrogen) atoms. The second-order valence-corrected chi connectivity index (χ2v) is 7.59. The summed E-state index contributed by atoms with van der Waals surface area (Å²) < 4.78 is 10.3. The van der Waals surface area contributed by atoms with Crippen molar-refractivity contribution in [3.63, 3.8) is 0 Å². The van der Waals surface area contributed by atoms with E-state index in [1.165, 1.54) is 6.26 Å². The van der Waals surface area contributed by atoms with Crippen LogP contribution in [0.3, 0.4) is 0 Å². The normalized spacial score (nSPS) is 16.0. The molecule has 10 heteroatoms. The number of piperazine rings is 1. The summed E-state index contributed by atoms with van der Waals surface area (Å²) in [6.45, 7) is 3.17. The lowest BCUT2D eigenvalue weighted by Gasteiger charge is -2.33. The molecule has 0 bridgehead atoms. The quantitative estimate of drug-likeness (QED) is 0.459. The summed E-state index contributed by atoms with van der Waals surface area (Å²) in [7, 11) is 0. The third-order valence-electron chi connectivity index (χ3n) is 5.03. The average Bonchev–Trinajstić information content (AvgIpc) is 3.32. The second kappa shape index (κ2) is 11.8. The molecule has 1 atom stereocenters. The Morgan fingerprint density at radius 2 is 2.09 bits per heavy atom. The molecular weight excluding hydrogens is 428 g/mol. The molecule has 1 unspecified atom stereocenters. The molecule has 1 fully saturated rings. The van der Waals surface area contributed by atoms with E-state index in [1.54, 1.807) is 41.3 Å². The zero-order chi connectivity index (χ0) is 23.6. The molecule has 3 amide bonds. The minimum absolute atomic E-state index is 0.0753. The SMILES string of the molecule is CCCOC(=O)CC1C(=O)NCCN1CC(=O)Nc1cccc(C(=O)NCc2ccco2)c1. The van der Waals surface area contributed by atoms with Crippen molar-refractivity contribution < 1.29 is 28.3 Å². The van der Waals surface area contributed by atoms with Crippen LogP contribution in [0.15, 0.2) is 47.1 Å². The highest BCUT2D eigenvalue weighted by molar-refractivity contribution is 5.98. The van der Waals surface area contributed by atoms with Crippen LogP contribution in [0.2, 0.25) is 0 Å². The van der Waals surface area contributed by atoms with Gasteiger partial charge in [0.2, 0.25) is 11.8 Å². The number of rotatable bonds is 10. The highest BCUT2D eigenvalue weighted by atomic mass is 16.5. The Morgan fingerprint density at radius 1 is 1.24 bits per heavy atom. The third-order valence-corrected chi connectivity index (χ3v) is 5.03. The van der Waals surface area contributed by atoms with Crippen molar-refractivity contribution in [2.45, 2.75) is 32.4 Å². The van der Waals surface area contributed by atoms with Gasteiger partial charge in [0.15, 0.2) is 0 Å². The van der Waals surface area contributed by atoms with Crippen molar-refractivity contribution in [1.29, 1.82) is 0 Å². The van der Waals surface area contributed by atoms with Gasteiger partial charge in [-0.2, -0.15) is 0 Å². The smallest absolute Gasteiger partial charge is 0.307 e. The molecule has 1 aromatic heterocycles. The van der Waals surface area contributed by atoms with Gasteiger partial charge in [0, 0.05) is 24.3 Å². The first-order valence-electron chi connectivity index (χ1n) is 10.8. The summed E-state index contributed by atoms with van der Waals surface area (Å²) in [6.07, 6.45) is 2.10. The van der Waals surface area contributed by atoms with E-state index < -0.39 is 12.0 Å². The molecule has 3 N–H and O–H groups in total. The van der Waals surface area contributed by atoms with E-state index in [0.717, 1.165) is 0 Å². The van der Waals surface area contributed by atoms with Gasteiger partial charge in [0.05, 0.1) is 32.4 Å². The zero-order valence-electron chi connectivity index (χ0n) is 18.5. The van der Waals surface area contributed by atoms with Crippen molar-refractivity contribution in [3.05, 3.63) is 54.0 Å². The fourth-order valence-corrected chi connectivity index (χ4v) is 3.41. The largest absolute Gasteiger partial charge is 0.467 e. The van der Waals surface area contributed by atoms with Crippen LogP contribution in [-0.2, 0) is 25.7 Å². The molecule has 10 nitrogen and oxygen atoms in total. The van der Waals surface area contributed by atoms with Gasteiger partial charge in [-0.05, 0) is 36.8 Å². The summed E-state index contributed by atoms with van der Waals surface area (Å²) in [5.74, 6) is -0.813. The lowest BCUT2D eigenvalue weighted by Crippen LogP contribution is -2.57.